The Labute approximate surface area is 164 Å². The minimum Gasteiger partial charge on any atom is -0.493 e. The van der Waals surface area contributed by atoms with E-state index in [0.29, 0.717) is 36.4 Å². The third-order valence-corrected chi connectivity index (χ3v) is 4.00. The monoisotopic (exact) mass is 380 g/mol. The lowest BCUT2D eigenvalue weighted by Gasteiger charge is -2.13. The Morgan fingerprint density at radius 2 is 1.75 bits per heavy atom. The molecule has 2 aromatic carbocycles. The molecule has 0 spiro atoms. The molecule has 1 aromatic heterocycles. The topological polar surface area (TPSA) is 77.5 Å². The largest absolute Gasteiger partial charge is 0.493 e. The zero-order valence-corrected chi connectivity index (χ0v) is 16.2. The predicted octanol–water partition coefficient (Wildman–Crippen LogP) is 4.25. The van der Waals surface area contributed by atoms with Crippen molar-refractivity contribution in [3.63, 3.8) is 0 Å². The number of benzene rings is 2. The third-order valence-electron chi connectivity index (χ3n) is 4.00. The molecule has 0 radical (unpaired) electrons. The first-order valence-electron chi connectivity index (χ1n) is 9.00. The Morgan fingerprint density at radius 3 is 2.54 bits per heavy atom. The van der Waals surface area contributed by atoms with Crippen molar-refractivity contribution in [2.45, 2.75) is 13.5 Å². The van der Waals surface area contributed by atoms with E-state index in [1.807, 2.05) is 55.5 Å². The van der Waals surface area contributed by atoms with Crippen molar-refractivity contribution >= 4 is 17.5 Å². The lowest BCUT2D eigenvalue weighted by Crippen LogP contribution is -2.06. The van der Waals surface area contributed by atoms with Gasteiger partial charge in [0.15, 0.2) is 11.5 Å². The van der Waals surface area contributed by atoms with Crippen LogP contribution in [-0.4, -0.2) is 30.8 Å². The average Bonchev–Trinajstić information content (AvgIpc) is 2.74. The molecule has 3 aromatic rings. The molecule has 28 heavy (non-hydrogen) atoms. The fourth-order valence-corrected chi connectivity index (χ4v) is 2.67. The highest BCUT2D eigenvalue weighted by Gasteiger charge is 2.07. The Hall–Kier alpha value is -3.48. The van der Waals surface area contributed by atoms with E-state index in [4.69, 9.17) is 14.2 Å². The van der Waals surface area contributed by atoms with Crippen LogP contribution in [0.1, 0.15) is 12.5 Å². The maximum absolute atomic E-state index is 5.64. The molecule has 7 nitrogen and oxygen atoms in total. The van der Waals surface area contributed by atoms with Crippen LogP contribution in [0.2, 0.25) is 0 Å². The minimum atomic E-state index is 0.522. The second-order valence-corrected chi connectivity index (χ2v) is 5.86. The van der Waals surface area contributed by atoms with Crippen LogP contribution in [0.15, 0.2) is 54.7 Å². The number of hydrogen-bond donors (Lipinski definition) is 2. The predicted molar refractivity (Wildman–Crippen MR) is 110 cm³/mol. The van der Waals surface area contributed by atoms with Crippen LogP contribution in [0.25, 0.3) is 0 Å². The van der Waals surface area contributed by atoms with E-state index in [1.165, 1.54) is 0 Å². The summed E-state index contributed by atoms with van der Waals surface area (Å²) in [7, 11) is 3.24. The van der Waals surface area contributed by atoms with Crippen molar-refractivity contribution in [3.8, 4) is 17.2 Å². The summed E-state index contributed by atoms with van der Waals surface area (Å²) in [6, 6.07) is 15.3. The molecule has 0 bridgehead atoms. The molecule has 0 saturated heterocycles. The van der Waals surface area contributed by atoms with Gasteiger partial charge in [-0.25, -0.2) is 4.98 Å². The highest BCUT2D eigenvalue weighted by atomic mass is 16.5. The van der Waals surface area contributed by atoms with E-state index in [-0.39, 0.29) is 0 Å². The molecule has 1 heterocycles. The molecule has 2 N–H and O–H groups in total. The number of methoxy groups -OCH3 is 2. The van der Waals surface area contributed by atoms with Gasteiger partial charge in [-0.05, 0) is 42.8 Å². The first-order valence-corrected chi connectivity index (χ1v) is 9.00. The fraction of sp³-hybridized carbons (Fsp3) is 0.238. The maximum Gasteiger partial charge on any atom is 0.224 e. The van der Waals surface area contributed by atoms with E-state index in [1.54, 1.807) is 20.4 Å². The van der Waals surface area contributed by atoms with E-state index in [9.17, 15) is 0 Å². The van der Waals surface area contributed by atoms with Gasteiger partial charge in [0, 0.05) is 12.7 Å². The van der Waals surface area contributed by atoms with Crippen LogP contribution < -0.4 is 24.8 Å². The standard InChI is InChI=1S/C21H24N4O3/c1-4-28-17-8-6-5-7-16(17)24-20-11-12-22-21(25-20)23-14-15-9-10-18(26-2)19(13-15)27-3/h5-13H,4,14H2,1-3H3,(H2,22,23,24,25). The smallest absolute Gasteiger partial charge is 0.224 e. The van der Waals surface area contributed by atoms with Gasteiger partial charge in [-0.15, -0.1) is 0 Å². The van der Waals surface area contributed by atoms with Gasteiger partial charge >= 0.3 is 0 Å². The molecule has 0 fully saturated rings. The Kier molecular flexibility index (Phi) is 6.51. The van der Waals surface area contributed by atoms with Crippen molar-refractivity contribution in [3.05, 3.63) is 60.3 Å². The Bertz CT molecular complexity index is 918. The summed E-state index contributed by atoms with van der Waals surface area (Å²) in [5, 5.41) is 6.50. The molecule has 0 saturated carbocycles. The number of para-hydroxylation sites is 2. The first-order chi connectivity index (χ1) is 13.7. The van der Waals surface area contributed by atoms with Gasteiger partial charge in [0.25, 0.3) is 0 Å². The molecule has 0 aliphatic heterocycles. The van der Waals surface area contributed by atoms with Gasteiger partial charge in [0.05, 0.1) is 26.5 Å². The van der Waals surface area contributed by atoms with Crippen molar-refractivity contribution in [2.24, 2.45) is 0 Å². The summed E-state index contributed by atoms with van der Waals surface area (Å²) in [6.07, 6.45) is 1.70. The van der Waals surface area contributed by atoms with Crippen LogP contribution in [0, 0.1) is 0 Å². The number of aromatic nitrogens is 2. The molecule has 0 aliphatic rings. The number of nitrogens with one attached hydrogen (secondary N) is 2. The maximum atomic E-state index is 5.64. The quantitative estimate of drug-likeness (QED) is 0.575. The van der Waals surface area contributed by atoms with Gasteiger partial charge in [0.1, 0.15) is 11.6 Å². The van der Waals surface area contributed by atoms with Crippen molar-refractivity contribution in [1.82, 2.24) is 9.97 Å². The van der Waals surface area contributed by atoms with Crippen LogP contribution in [0.5, 0.6) is 17.2 Å². The zero-order chi connectivity index (χ0) is 19.8. The molecule has 0 aliphatic carbocycles. The highest BCUT2D eigenvalue weighted by molar-refractivity contribution is 5.64. The molecule has 7 heteroatoms. The van der Waals surface area contributed by atoms with E-state index in [2.05, 4.69) is 20.6 Å². The van der Waals surface area contributed by atoms with Gasteiger partial charge in [0.2, 0.25) is 5.95 Å². The summed E-state index contributed by atoms with van der Waals surface area (Å²) in [6.45, 7) is 3.11. The minimum absolute atomic E-state index is 0.522. The molecule has 0 atom stereocenters. The number of anilines is 3. The molecule has 146 valence electrons. The second kappa shape index (κ2) is 9.45. The van der Waals surface area contributed by atoms with Gasteiger partial charge in [-0.2, -0.15) is 4.98 Å². The van der Waals surface area contributed by atoms with Crippen LogP contribution in [0.3, 0.4) is 0 Å². The van der Waals surface area contributed by atoms with Crippen LogP contribution in [0.4, 0.5) is 17.5 Å². The SMILES string of the molecule is CCOc1ccccc1Nc1ccnc(NCc2ccc(OC)c(OC)c2)n1. The Balaban J connectivity index is 1.69. The number of hydrogen-bond acceptors (Lipinski definition) is 7. The summed E-state index contributed by atoms with van der Waals surface area (Å²) in [4.78, 5) is 8.80. The van der Waals surface area contributed by atoms with Crippen molar-refractivity contribution in [2.75, 3.05) is 31.5 Å². The van der Waals surface area contributed by atoms with Gasteiger partial charge in [-0.1, -0.05) is 18.2 Å². The second-order valence-electron chi connectivity index (χ2n) is 5.86. The molecular weight excluding hydrogens is 356 g/mol. The number of rotatable bonds is 9. The highest BCUT2D eigenvalue weighted by Crippen LogP contribution is 2.28. The van der Waals surface area contributed by atoms with E-state index >= 15 is 0 Å². The van der Waals surface area contributed by atoms with Crippen LogP contribution in [-0.2, 0) is 6.54 Å². The van der Waals surface area contributed by atoms with Crippen LogP contribution >= 0.6 is 0 Å². The van der Waals surface area contributed by atoms with Gasteiger partial charge in [-0.3, -0.25) is 0 Å². The average molecular weight is 380 g/mol. The fourth-order valence-electron chi connectivity index (χ4n) is 2.67. The number of ether oxygens (including phenoxy) is 3. The summed E-state index contributed by atoms with van der Waals surface area (Å²) >= 11 is 0. The summed E-state index contributed by atoms with van der Waals surface area (Å²) in [5.74, 6) is 3.36. The Morgan fingerprint density at radius 1 is 0.929 bits per heavy atom. The molecule has 0 unspecified atom stereocenters. The molecular formula is C21H24N4O3. The third kappa shape index (κ3) is 4.82. The van der Waals surface area contributed by atoms with Gasteiger partial charge < -0.3 is 24.8 Å². The van der Waals surface area contributed by atoms with Crippen molar-refractivity contribution < 1.29 is 14.2 Å². The van der Waals surface area contributed by atoms with E-state index in [0.717, 1.165) is 17.0 Å². The first kappa shape index (κ1) is 19.3. The lowest BCUT2D eigenvalue weighted by molar-refractivity contribution is 0.342. The molecule has 0 amide bonds. The lowest BCUT2D eigenvalue weighted by atomic mass is 10.2. The molecule has 3 rings (SSSR count). The zero-order valence-electron chi connectivity index (χ0n) is 16.2. The van der Waals surface area contributed by atoms with Crippen molar-refractivity contribution in [1.29, 1.82) is 0 Å². The summed E-state index contributed by atoms with van der Waals surface area (Å²) in [5.41, 5.74) is 1.88. The number of nitrogens with zero attached hydrogens (tertiary/aromatic N) is 2. The van der Waals surface area contributed by atoms with E-state index < -0.39 is 0 Å². The normalized spacial score (nSPS) is 10.2. The summed E-state index contributed by atoms with van der Waals surface area (Å²) < 4.78 is 16.2.